The Morgan fingerprint density at radius 3 is 2.47 bits per heavy atom. The van der Waals surface area contributed by atoms with Crippen molar-refractivity contribution in [2.24, 2.45) is 0 Å². The molecule has 0 spiro atoms. The van der Waals surface area contributed by atoms with Crippen LogP contribution in [0.25, 0.3) is 0 Å². The van der Waals surface area contributed by atoms with Crippen LogP contribution < -0.4 is 4.74 Å². The van der Waals surface area contributed by atoms with Gasteiger partial charge >= 0.3 is 12.1 Å². The first-order chi connectivity index (χ1) is 7.86. The number of aliphatic hydroxyl groups excluding tert-OH is 1. The second-order valence-corrected chi connectivity index (χ2v) is 3.08. The van der Waals surface area contributed by atoms with Crippen LogP contribution in [0.2, 0.25) is 0 Å². The highest BCUT2D eigenvalue weighted by Crippen LogP contribution is 2.34. The van der Waals surface area contributed by atoms with Gasteiger partial charge in [-0.25, -0.2) is 4.79 Å². The van der Waals surface area contributed by atoms with Crippen LogP contribution in [0.4, 0.5) is 13.2 Å². The van der Waals surface area contributed by atoms with Gasteiger partial charge < -0.3 is 14.9 Å². The molecule has 1 aromatic carbocycles. The van der Waals surface area contributed by atoms with Crippen molar-refractivity contribution in [2.75, 3.05) is 13.2 Å². The third kappa shape index (κ3) is 3.35. The molecule has 1 rings (SSSR count). The first-order valence-electron chi connectivity index (χ1n) is 4.54. The predicted octanol–water partition coefficient (Wildman–Crippen LogP) is 1.77. The maximum Gasteiger partial charge on any atom is 0.417 e. The summed E-state index contributed by atoms with van der Waals surface area (Å²) in [6, 6.07) is 2.52. The second-order valence-electron chi connectivity index (χ2n) is 3.08. The summed E-state index contributed by atoms with van der Waals surface area (Å²) in [6.45, 7) is -0.508. The van der Waals surface area contributed by atoms with Crippen LogP contribution in [0.3, 0.4) is 0 Å². The molecular weight excluding hydrogens is 241 g/mol. The zero-order valence-electron chi connectivity index (χ0n) is 8.49. The van der Waals surface area contributed by atoms with Gasteiger partial charge in [0.2, 0.25) is 0 Å². The quantitative estimate of drug-likeness (QED) is 0.854. The Morgan fingerprint density at radius 1 is 1.35 bits per heavy atom. The molecule has 17 heavy (non-hydrogen) atoms. The molecule has 0 aliphatic rings. The molecule has 0 aliphatic heterocycles. The van der Waals surface area contributed by atoms with Crippen molar-refractivity contribution in [1.82, 2.24) is 0 Å². The Labute approximate surface area is 94.3 Å². The minimum atomic E-state index is -4.77. The molecule has 0 atom stereocenters. The number of carboxylic acids is 1. The zero-order chi connectivity index (χ0) is 13.1. The smallest absolute Gasteiger partial charge is 0.417 e. The van der Waals surface area contributed by atoms with E-state index in [4.69, 9.17) is 14.9 Å². The van der Waals surface area contributed by atoms with E-state index in [1.54, 1.807) is 0 Å². The fourth-order valence-electron chi connectivity index (χ4n) is 1.20. The Kier molecular flexibility index (Phi) is 3.95. The van der Waals surface area contributed by atoms with E-state index in [0.29, 0.717) is 6.07 Å². The van der Waals surface area contributed by atoms with E-state index in [1.165, 1.54) is 0 Å². The van der Waals surface area contributed by atoms with Crippen molar-refractivity contribution < 1.29 is 32.9 Å². The molecule has 0 unspecified atom stereocenters. The van der Waals surface area contributed by atoms with Crippen molar-refractivity contribution in [3.05, 3.63) is 29.3 Å². The first kappa shape index (κ1) is 13.3. The summed E-state index contributed by atoms with van der Waals surface area (Å²) in [5.41, 5.74) is -2.12. The molecule has 4 nitrogen and oxygen atoms in total. The Balaban J connectivity index is 3.15. The summed E-state index contributed by atoms with van der Waals surface area (Å²) >= 11 is 0. The summed E-state index contributed by atoms with van der Waals surface area (Å²) in [5, 5.41) is 17.1. The lowest BCUT2D eigenvalue weighted by atomic mass is 10.1. The van der Waals surface area contributed by atoms with Crippen LogP contribution in [-0.4, -0.2) is 29.4 Å². The maximum absolute atomic E-state index is 12.5. The van der Waals surface area contributed by atoms with Crippen molar-refractivity contribution in [2.45, 2.75) is 6.18 Å². The molecular formula is C10H9F3O4. The maximum atomic E-state index is 12.5. The van der Waals surface area contributed by atoms with E-state index in [1.807, 2.05) is 0 Å². The van der Waals surface area contributed by atoms with Crippen LogP contribution in [0, 0.1) is 0 Å². The van der Waals surface area contributed by atoms with Gasteiger partial charge in [0.05, 0.1) is 17.7 Å². The molecule has 0 radical (unpaired) electrons. The molecule has 1 aromatic rings. The van der Waals surface area contributed by atoms with Crippen LogP contribution >= 0.6 is 0 Å². The third-order valence-corrected chi connectivity index (χ3v) is 1.89. The number of alkyl halides is 3. The van der Waals surface area contributed by atoms with E-state index in [0.717, 1.165) is 12.1 Å². The molecule has 0 saturated heterocycles. The molecule has 94 valence electrons. The lowest BCUT2D eigenvalue weighted by Gasteiger charge is -2.12. The number of benzene rings is 1. The van der Waals surface area contributed by atoms with Crippen molar-refractivity contribution in [3.8, 4) is 5.75 Å². The molecule has 0 fully saturated rings. The number of aliphatic hydroxyl groups is 1. The van der Waals surface area contributed by atoms with Gasteiger partial charge in [0.25, 0.3) is 0 Å². The molecule has 0 aliphatic carbocycles. The number of hydrogen-bond donors (Lipinski definition) is 2. The van der Waals surface area contributed by atoms with E-state index in [9.17, 15) is 18.0 Å². The number of rotatable bonds is 4. The Morgan fingerprint density at radius 2 is 2.00 bits per heavy atom. The van der Waals surface area contributed by atoms with E-state index >= 15 is 0 Å². The standard InChI is InChI=1S/C10H9F3O4/c11-10(12,13)8-5-6(17-4-3-14)1-2-7(8)9(15)16/h1-2,5,14H,3-4H2,(H,15,16). The third-order valence-electron chi connectivity index (χ3n) is 1.89. The van der Waals surface area contributed by atoms with Gasteiger partial charge in [-0.1, -0.05) is 0 Å². The van der Waals surface area contributed by atoms with Crippen LogP contribution in [0.5, 0.6) is 5.75 Å². The molecule has 0 saturated carbocycles. The average Bonchev–Trinajstić information content (AvgIpc) is 2.24. The molecule has 7 heteroatoms. The second kappa shape index (κ2) is 5.05. The van der Waals surface area contributed by atoms with E-state index in [2.05, 4.69) is 0 Å². The lowest BCUT2D eigenvalue weighted by Crippen LogP contribution is -2.13. The summed E-state index contributed by atoms with van der Waals surface area (Å²) < 4.78 is 42.4. The number of halogens is 3. The topological polar surface area (TPSA) is 66.8 Å². The van der Waals surface area contributed by atoms with Crippen molar-refractivity contribution >= 4 is 5.97 Å². The fourth-order valence-corrected chi connectivity index (χ4v) is 1.20. The Bertz CT molecular complexity index is 415. The summed E-state index contributed by atoms with van der Waals surface area (Å²) in [5.74, 6) is -1.80. The average molecular weight is 250 g/mol. The predicted molar refractivity (Wildman–Crippen MR) is 51.0 cm³/mol. The highest BCUT2D eigenvalue weighted by atomic mass is 19.4. The SMILES string of the molecule is O=C(O)c1ccc(OCCO)cc1C(F)(F)F. The van der Waals surface area contributed by atoms with Gasteiger partial charge in [0.15, 0.2) is 0 Å². The van der Waals surface area contributed by atoms with Gasteiger partial charge in [-0.05, 0) is 18.2 Å². The zero-order valence-corrected chi connectivity index (χ0v) is 8.49. The molecule has 2 N–H and O–H groups in total. The number of ether oxygens (including phenoxy) is 1. The minimum Gasteiger partial charge on any atom is -0.491 e. The number of carbonyl (C=O) groups is 1. The molecule has 0 bridgehead atoms. The summed E-state index contributed by atoms with van der Waals surface area (Å²) in [4.78, 5) is 10.6. The lowest BCUT2D eigenvalue weighted by molar-refractivity contribution is -0.138. The van der Waals surface area contributed by atoms with E-state index in [-0.39, 0.29) is 19.0 Å². The highest BCUT2D eigenvalue weighted by Gasteiger charge is 2.35. The van der Waals surface area contributed by atoms with Crippen molar-refractivity contribution in [1.29, 1.82) is 0 Å². The monoisotopic (exact) mass is 250 g/mol. The van der Waals surface area contributed by atoms with Gasteiger partial charge in [-0.2, -0.15) is 13.2 Å². The van der Waals surface area contributed by atoms with Crippen LogP contribution in [-0.2, 0) is 6.18 Å². The summed E-state index contributed by atoms with van der Waals surface area (Å²) in [6.07, 6.45) is -4.77. The largest absolute Gasteiger partial charge is 0.491 e. The minimum absolute atomic E-state index is 0.142. The fraction of sp³-hybridized carbons (Fsp3) is 0.300. The first-order valence-corrected chi connectivity index (χ1v) is 4.54. The number of carboxylic acid groups (broad SMARTS) is 1. The highest BCUT2D eigenvalue weighted by molar-refractivity contribution is 5.89. The van der Waals surface area contributed by atoms with E-state index < -0.39 is 23.3 Å². The van der Waals surface area contributed by atoms with Gasteiger partial charge in [-0.3, -0.25) is 0 Å². The van der Waals surface area contributed by atoms with Crippen LogP contribution in [0.15, 0.2) is 18.2 Å². The Hall–Kier alpha value is -1.76. The van der Waals surface area contributed by atoms with Gasteiger partial charge in [0, 0.05) is 0 Å². The van der Waals surface area contributed by atoms with Crippen LogP contribution in [0.1, 0.15) is 15.9 Å². The van der Waals surface area contributed by atoms with Crippen molar-refractivity contribution in [3.63, 3.8) is 0 Å². The number of hydrogen-bond acceptors (Lipinski definition) is 3. The number of aromatic carboxylic acids is 1. The molecule has 0 heterocycles. The summed E-state index contributed by atoms with van der Waals surface area (Å²) in [7, 11) is 0. The van der Waals surface area contributed by atoms with Gasteiger partial charge in [0.1, 0.15) is 12.4 Å². The molecule has 0 aromatic heterocycles. The van der Waals surface area contributed by atoms with Gasteiger partial charge in [-0.15, -0.1) is 0 Å². The molecule has 0 amide bonds. The normalized spacial score (nSPS) is 11.3.